The van der Waals surface area contributed by atoms with Crippen molar-refractivity contribution in [2.24, 2.45) is 0 Å². The van der Waals surface area contributed by atoms with Crippen molar-refractivity contribution in [3.63, 3.8) is 0 Å². The van der Waals surface area contributed by atoms with Gasteiger partial charge < -0.3 is 9.47 Å². The van der Waals surface area contributed by atoms with Crippen LogP contribution in [0, 0.1) is 0 Å². The van der Waals surface area contributed by atoms with Gasteiger partial charge in [-0.25, -0.2) is 4.79 Å². The molecule has 0 aromatic heterocycles. The summed E-state index contributed by atoms with van der Waals surface area (Å²) in [6.45, 7) is 3.89. The van der Waals surface area contributed by atoms with Crippen LogP contribution in [0.25, 0.3) is 0 Å². The van der Waals surface area contributed by atoms with Gasteiger partial charge in [0.25, 0.3) is 0 Å². The molecular weight excluding hydrogens is 346 g/mol. The summed E-state index contributed by atoms with van der Waals surface area (Å²) >= 11 is 0. The van der Waals surface area contributed by atoms with Gasteiger partial charge in [-0.1, -0.05) is 36.9 Å². The smallest absolute Gasteiger partial charge is 0.330 e. The molecule has 2 aromatic rings. The number of hydrogen-bond acceptors (Lipinski definition) is 6. The first-order chi connectivity index (χ1) is 13.0. The molecule has 0 amide bonds. The Hall–Kier alpha value is -3.25. The summed E-state index contributed by atoms with van der Waals surface area (Å²) in [4.78, 5) is 36.9. The van der Waals surface area contributed by atoms with Crippen LogP contribution in [0.15, 0.2) is 67.3 Å². The van der Waals surface area contributed by atoms with Crippen molar-refractivity contribution in [3.05, 3.63) is 78.4 Å². The van der Waals surface area contributed by atoms with Crippen molar-refractivity contribution in [2.75, 3.05) is 26.7 Å². The predicted molar refractivity (Wildman–Crippen MR) is 101 cm³/mol. The van der Waals surface area contributed by atoms with Gasteiger partial charge in [0, 0.05) is 23.7 Å². The van der Waals surface area contributed by atoms with Crippen LogP contribution in [0.3, 0.4) is 0 Å². The predicted octanol–water partition coefficient (Wildman–Crippen LogP) is 2.48. The zero-order valence-electron chi connectivity index (χ0n) is 15.1. The van der Waals surface area contributed by atoms with Crippen molar-refractivity contribution in [1.82, 2.24) is 4.90 Å². The first-order valence-electron chi connectivity index (χ1n) is 8.38. The lowest BCUT2D eigenvalue weighted by Gasteiger charge is -2.15. The molecule has 0 radical (unpaired) electrons. The highest BCUT2D eigenvalue weighted by atomic mass is 16.5. The van der Waals surface area contributed by atoms with Crippen molar-refractivity contribution in [1.29, 1.82) is 0 Å². The maximum Gasteiger partial charge on any atom is 0.330 e. The lowest BCUT2D eigenvalue weighted by molar-refractivity contribution is -0.138. The maximum atomic E-state index is 12.3. The fourth-order valence-corrected chi connectivity index (χ4v) is 2.25. The van der Waals surface area contributed by atoms with Crippen LogP contribution in [0.5, 0.6) is 5.75 Å². The first kappa shape index (κ1) is 20.1. The molecule has 140 valence electrons. The van der Waals surface area contributed by atoms with Gasteiger partial charge in [0.05, 0.1) is 6.54 Å². The number of carbonyl (C=O) groups is 3. The summed E-state index contributed by atoms with van der Waals surface area (Å²) in [5.41, 5.74) is 1.11. The zero-order chi connectivity index (χ0) is 19.6. The highest BCUT2D eigenvalue weighted by molar-refractivity contribution is 6.09. The van der Waals surface area contributed by atoms with Gasteiger partial charge in [-0.05, 0) is 31.3 Å². The van der Waals surface area contributed by atoms with Gasteiger partial charge >= 0.3 is 11.9 Å². The third kappa shape index (κ3) is 6.52. The molecule has 0 spiro atoms. The van der Waals surface area contributed by atoms with E-state index in [-0.39, 0.29) is 18.9 Å². The largest absolute Gasteiger partial charge is 0.461 e. The summed E-state index contributed by atoms with van der Waals surface area (Å²) in [6.07, 6.45) is 1.08. The average molecular weight is 367 g/mol. The van der Waals surface area contributed by atoms with E-state index >= 15 is 0 Å². The van der Waals surface area contributed by atoms with E-state index in [1.807, 2.05) is 6.07 Å². The molecule has 0 saturated heterocycles. The van der Waals surface area contributed by atoms with E-state index in [0.29, 0.717) is 23.4 Å². The highest BCUT2D eigenvalue weighted by Gasteiger charge is 2.12. The molecule has 0 atom stereocenters. The summed E-state index contributed by atoms with van der Waals surface area (Å²) in [5, 5.41) is 0. The van der Waals surface area contributed by atoms with Crippen molar-refractivity contribution < 1.29 is 23.9 Å². The third-order valence-corrected chi connectivity index (χ3v) is 3.67. The number of esters is 2. The number of benzene rings is 2. The van der Waals surface area contributed by atoms with E-state index < -0.39 is 11.9 Å². The second kappa shape index (κ2) is 10.0. The molecule has 0 saturated carbocycles. The van der Waals surface area contributed by atoms with Gasteiger partial charge in [0.15, 0.2) is 5.78 Å². The molecule has 2 aromatic carbocycles. The van der Waals surface area contributed by atoms with E-state index in [1.165, 1.54) is 0 Å². The Morgan fingerprint density at radius 2 is 1.63 bits per heavy atom. The molecular formula is C21H21NO5. The number of hydrogen-bond donors (Lipinski definition) is 0. The van der Waals surface area contributed by atoms with Crippen LogP contribution < -0.4 is 4.74 Å². The molecule has 0 heterocycles. The van der Waals surface area contributed by atoms with Gasteiger partial charge in [-0.2, -0.15) is 0 Å². The zero-order valence-corrected chi connectivity index (χ0v) is 15.1. The molecule has 2 rings (SSSR count). The number of ether oxygens (including phenoxy) is 2. The van der Waals surface area contributed by atoms with Crippen LogP contribution >= 0.6 is 0 Å². The molecule has 0 unspecified atom stereocenters. The Morgan fingerprint density at radius 1 is 1.00 bits per heavy atom. The molecule has 0 aliphatic rings. The quantitative estimate of drug-likeness (QED) is 0.293. The minimum atomic E-state index is -0.504. The second-order valence-corrected chi connectivity index (χ2v) is 5.80. The molecule has 27 heavy (non-hydrogen) atoms. The molecule has 6 heteroatoms. The van der Waals surface area contributed by atoms with Crippen LogP contribution in [0.4, 0.5) is 0 Å². The van der Waals surface area contributed by atoms with E-state index in [4.69, 9.17) is 9.47 Å². The normalized spacial score (nSPS) is 10.3. The van der Waals surface area contributed by atoms with Crippen LogP contribution in [-0.4, -0.2) is 49.4 Å². The summed E-state index contributed by atoms with van der Waals surface area (Å²) in [6, 6.07) is 15.4. The number of likely N-dealkylation sites (N-methyl/N-ethyl adjacent to an activating group) is 1. The Bertz CT molecular complexity index is 799. The lowest BCUT2D eigenvalue weighted by Crippen LogP contribution is -2.32. The summed E-state index contributed by atoms with van der Waals surface area (Å²) < 4.78 is 10.1. The topological polar surface area (TPSA) is 72.9 Å². The fourth-order valence-electron chi connectivity index (χ4n) is 2.25. The first-order valence-corrected chi connectivity index (χ1v) is 8.38. The Labute approximate surface area is 158 Å². The molecule has 0 aliphatic heterocycles. The standard InChI is InChI=1S/C21H21NO5/c1-3-19(23)26-14-13-22(2)15-20(24)27-18-11-9-17(10-12-18)21(25)16-7-5-4-6-8-16/h3-12H,1,13-15H2,2H3. The van der Waals surface area contributed by atoms with Crippen LogP contribution in [0.1, 0.15) is 15.9 Å². The van der Waals surface area contributed by atoms with Crippen molar-refractivity contribution in [2.45, 2.75) is 0 Å². The number of ketones is 1. The molecule has 0 N–H and O–H groups in total. The maximum absolute atomic E-state index is 12.3. The SMILES string of the molecule is C=CC(=O)OCCN(C)CC(=O)Oc1ccc(C(=O)c2ccccc2)cc1. The minimum absolute atomic E-state index is 0.0380. The van der Waals surface area contributed by atoms with E-state index in [0.717, 1.165) is 6.08 Å². The van der Waals surface area contributed by atoms with E-state index in [1.54, 1.807) is 60.5 Å². The lowest BCUT2D eigenvalue weighted by atomic mass is 10.0. The summed E-state index contributed by atoms with van der Waals surface area (Å²) in [7, 11) is 1.71. The molecule has 0 bridgehead atoms. The number of nitrogens with zero attached hydrogens (tertiary/aromatic N) is 1. The van der Waals surface area contributed by atoms with Gasteiger partial charge in [0.2, 0.25) is 0 Å². The monoisotopic (exact) mass is 367 g/mol. The Morgan fingerprint density at radius 3 is 2.26 bits per heavy atom. The average Bonchev–Trinajstić information content (AvgIpc) is 2.68. The number of rotatable bonds is 9. The second-order valence-electron chi connectivity index (χ2n) is 5.80. The Kier molecular flexibility index (Phi) is 7.46. The van der Waals surface area contributed by atoms with Gasteiger partial charge in [-0.3, -0.25) is 14.5 Å². The van der Waals surface area contributed by atoms with E-state index in [2.05, 4.69) is 6.58 Å². The van der Waals surface area contributed by atoms with Crippen molar-refractivity contribution >= 4 is 17.7 Å². The van der Waals surface area contributed by atoms with Crippen LogP contribution in [-0.2, 0) is 14.3 Å². The van der Waals surface area contributed by atoms with Gasteiger partial charge in [0.1, 0.15) is 12.4 Å². The van der Waals surface area contributed by atoms with E-state index in [9.17, 15) is 14.4 Å². The van der Waals surface area contributed by atoms with Gasteiger partial charge in [-0.15, -0.1) is 0 Å². The molecule has 0 fully saturated rings. The minimum Gasteiger partial charge on any atom is -0.461 e. The Balaban J connectivity index is 1.83. The highest BCUT2D eigenvalue weighted by Crippen LogP contribution is 2.15. The number of carbonyl (C=O) groups excluding carboxylic acids is 3. The molecule has 0 aliphatic carbocycles. The van der Waals surface area contributed by atoms with Crippen LogP contribution in [0.2, 0.25) is 0 Å². The summed E-state index contributed by atoms with van der Waals surface area (Å²) in [5.74, 6) is -0.691. The molecule has 6 nitrogen and oxygen atoms in total. The third-order valence-electron chi connectivity index (χ3n) is 3.67. The fraction of sp³-hybridized carbons (Fsp3) is 0.190. The van der Waals surface area contributed by atoms with Crippen molar-refractivity contribution in [3.8, 4) is 5.75 Å².